The Kier molecular flexibility index (Phi) is 5.28. The van der Waals surface area contributed by atoms with Gasteiger partial charge in [-0.2, -0.15) is 0 Å². The Balaban J connectivity index is 1.71. The Morgan fingerprint density at radius 3 is 2.77 bits per heavy atom. The Morgan fingerprint density at radius 2 is 2.04 bits per heavy atom. The van der Waals surface area contributed by atoms with Crippen molar-refractivity contribution in [1.82, 2.24) is 15.0 Å². The number of benzene rings is 1. The predicted molar refractivity (Wildman–Crippen MR) is 102 cm³/mol. The minimum absolute atomic E-state index is 0.0576. The average molecular weight is 369 g/mol. The molecule has 4 N–H and O–H groups in total. The van der Waals surface area contributed by atoms with Gasteiger partial charge in [0.15, 0.2) is 0 Å². The van der Waals surface area contributed by atoms with Crippen LogP contribution in [0.1, 0.15) is 28.9 Å². The van der Waals surface area contributed by atoms with E-state index in [1.54, 1.807) is 18.3 Å². The Bertz CT molecular complexity index is 916. The van der Waals surface area contributed by atoms with Crippen molar-refractivity contribution in [2.24, 2.45) is 0 Å². The van der Waals surface area contributed by atoms with Gasteiger partial charge in [-0.05, 0) is 36.8 Å². The lowest BCUT2D eigenvalue weighted by Crippen LogP contribution is -2.13. The second-order valence-corrected chi connectivity index (χ2v) is 6.03. The SMILES string of the molecule is C[C@H](Nc1cncc(Cl)n1)c1cccc(NC(=O)c2ccc(N)nc2)c1. The quantitative estimate of drug-likeness (QED) is 0.636. The Labute approximate surface area is 155 Å². The van der Waals surface area contributed by atoms with Gasteiger partial charge in [0.1, 0.15) is 16.8 Å². The molecule has 132 valence electrons. The maximum absolute atomic E-state index is 12.3. The molecule has 26 heavy (non-hydrogen) atoms. The summed E-state index contributed by atoms with van der Waals surface area (Å²) in [7, 11) is 0. The van der Waals surface area contributed by atoms with Crippen LogP contribution in [-0.4, -0.2) is 20.9 Å². The summed E-state index contributed by atoms with van der Waals surface area (Å²) in [5.41, 5.74) is 7.62. The largest absolute Gasteiger partial charge is 0.384 e. The zero-order chi connectivity index (χ0) is 18.5. The number of rotatable bonds is 5. The zero-order valence-electron chi connectivity index (χ0n) is 14.0. The van der Waals surface area contributed by atoms with Crippen molar-refractivity contribution in [2.45, 2.75) is 13.0 Å². The number of nitrogens with two attached hydrogens (primary N) is 1. The van der Waals surface area contributed by atoms with Crippen molar-refractivity contribution < 1.29 is 4.79 Å². The van der Waals surface area contributed by atoms with Crippen LogP contribution in [0.5, 0.6) is 0 Å². The molecule has 8 heteroatoms. The van der Waals surface area contributed by atoms with Gasteiger partial charge in [0.05, 0.1) is 24.0 Å². The summed E-state index contributed by atoms with van der Waals surface area (Å²) in [6, 6.07) is 10.7. The number of aromatic nitrogens is 3. The summed E-state index contributed by atoms with van der Waals surface area (Å²) in [5, 5.41) is 6.39. The van der Waals surface area contributed by atoms with Gasteiger partial charge in [-0.15, -0.1) is 0 Å². The molecule has 0 aliphatic carbocycles. The molecule has 1 atom stereocenters. The maximum atomic E-state index is 12.3. The number of carbonyl (C=O) groups is 1. The fraction of sp³-hybridized carbons (Fsp3) is 0.111. The first-order chi connectivity index (χ1) is 12.5. The van der Waals surface area contributed by atoms with Crippen molar-refractivity contribution in [2.75, 3.05) is 16.4 Å². The number of carbonyl (C=O) groups excluding carboxylic acids is 1. The van der Waals surface area contributed by atoms with E-state index in [1.165, 1.54) is 12.4 Å². The summed E-state index contributed by atoms with van der Waals surface area (Å²) < 4.78 is 0. The zero-order valence-corrected chi connectivity index (χ0v) is 14.7. The van der Waals surface area contributed by atoms with Crippen molar-refractivity contribution >= 4 is 34.8 Å². The number of hydrogen-bond acceptors (Lipinski definition) is 6. The van der Waals surface area contributed by atoms with Crippen LogP contribution in [0.4, 0.5) is 17.3 Å². The predicted octanol–water partition coefficient (Wildman–Crippen LogP) is 3.53. The highest BCUT2D eigenvalue weighted by atomic mass is 35.5. The smallest absolute Gasteiger partial charge is 0.257 e. The lowest BCUT2D eigenvalue weighted by Gasteiger charge is -2.16. The van der Waals surface area contributed by atoms with Crippen LogP contribution in [0.3, 0.4) is 0 Å². The van der Waals surface area contributed by atoms with E-state index in [0.717, 1.165) is 5.56 Å². The first-order valence-electron chi connectivity index (χ1n) is 7.88. The first kappa shape index (κ1) is 17.6. The molecule has 3 aromatic rings. The fourth-order valence-corrected chi connectivity index (χ4v) is 2.49. The molecule has 2 heterocycles. The van der Waals surface area contributed by atoms with E-state index in [0.29, 0.717) is 28.0 Å². The van der Waals surface area contributed by atoms with E-state index in [9.17, 15) is 4.79 Å². The van der Waals surface area contributed by atoms with Gasteiger partial charge in [-0.25, -0.2) is 9.97 Å². The van der Waals surface area contributed by atoms with E-state index in [4.69, 9.17) is 17.3 Å². The van der Waals surface area contributed by atoms with Crippen LogP contribution in [0, 0.1) is 0 Å². The molecule has 0 saturated carbocycles. The van der Waals surface area contributed by atoms with Gasteiger partial charge < -0.3 is 16.4 Å². The van der Waals surface area contributed by atoms with E-state index in [1.807, 2.05) is 31.2 Å². The van der Waals surface area contributed by atoms with Gasteiger partial charge in [0, 0.05) is 11.9 Å². The lowest BCUT2D eigenvalue weighted by molar-refractivity contribution is 0.102. The number of nitrogens with zero attached hydrogens (tertiary/aromatic N) is 3. The number of hydrogen-bond donors (Lipinski definition) is 3. The third-order valence-corrected chi connectivity index (χ3v) is 3.84. The van der Waals surface area contributed by atoms with E-state index < -0.39 is 0 Å². The molecule has 0 fully saturated rings. The third kappa shape index (κ3) is 4.46. The molecule has 0 saturated heterocycles. The van der Waals surface area contributed by atoms with Crippen molar-refractivity contribution in [3.63, 3.8) is 0 Å². The minimum Gasteiger partial charge on any atom is -0.384 e. The summed E-state index contributed by atoms with van der Waals surface area (Å²) in [5.74, 6) is 0.691. The lowest BCUT2D eigenvalue weighted by atomic mass is 10.1. The second kappa shape index (κ2) is 7.79. The van der Waals surface area contributed by atoms with Crippen molar-refractivity contribution in [1.29, 1.82) is 0 Å². The molecular formula is C18H17ClN6O. The van der Waals surface area contributed by atoms with Crippen LogP contribution in [0.2, 0.25) is 5.15 Å². The highest BCUT2D eigenvalue weighted by Crippen LogP contribution is 2.21. The Hall–Kier alpha value is -3.19. The van der Waals surface area contributed by atoms with Crippen LogP contribution in [-0.2, 0) is 0 Å². The summed E-state index contributed by atoms with van der Waals surface area (Å²) in [4.78, 5) is 24.4. The fourth-order valence-electron chi connectivity index (χ4n) is 2.35. The van der Waals surface area contributed by atoms with E-state index in [2.05, 4.69) is 25.6 Å². The highest BCUT2D eigenvalue weighted by Gasteiger charge is 2.10. The van der Waals surface area contributed by atoms with Crippen molar-refractivity contribution in [3.05, 3.63) is 71.3 Å². The number of pyridine rings is 1. The van der Waals surface area contributed by atoms with Gasteiger partial charge in [0.2, 0.25) is 0 Å². The first-order valence-corrected chi connectivity index (χ1v) is 8.26. The molecule has 0 aliphatic heterocycles. The van der Waals surface area contributed by atoms with Crippen LogP contribution >= 0.6 is 11.6 Å². The minimum atomic E-state index is -0.254. The normalized spacial score (nSPS) is 11.6. The summed E-state index contributed by atoms with van der Waals surface area (Å²) in [6.07, 6.45) is 4.51. The molecule has 7 nitrogen and oxygen atoms in total. The molecule has 0 spiro atoms. The number of anilines is 3. The third-order valence-electron chi connectivity index (χ3n) is 3.66. The molecule has 0 radical (unpaired) electrons. The molecule has 1 aromatic carbocycles. The second-order valence-electron chi connectivity index (χ2n) is 5.64. The van der Waals surface area contributed by atoms with E-state index in [-0.39, 0.29) is 11.9 Å². The molecule has 2 aromatic heterocycles. The van der Waals surface area contributed by atoms with Gasteiger partial charge in [-0.1, -0.05) is 23.7 Å². The van der Waals surface area contributed by atoms with Crippen LogP contribution < -0.4 is 16.4 Å². The average Bonchev–Trinajstić information content (AvgIpc) is 2.62. The molecule has 3 rings (SSSR count). The standard InChI is InChI=1S/C18H17ClN6O/c1-11(23-17-10-21-9-15(19)25-17)12-3-2-4-14(7-12)24-18(26)13-5-6-16(20)22-8-13/h2-11H,1H3,(H2,20,22)(H,23,25)(H,24,26)/t11-/m0/s1. The van der Waals surface area contributed by atoms with E-state index >= 15 is 0 Å². The van der Waals surface area contributed by atoms with Gasteiger partial charge in [0.25, 0.3) is 5.91 Å². The molecule has 1 amide bonds. The summed E-state index contributed by atoms with van der Waals surface area (Å²) >= 11 is 5.85. The molecule has 0 aliphatic rings. The van der Waals surface area contributed by atoms with Gasteiger partial charge in [-0.3, -0.25) is 9.78 Å². The molecule has 0 bridgehead atoms. The number of amides is 1. The Morgan fingerprint density at radius 1 is 1.19 bits per heavy atom. The molecular weight excluding hydrogens is 352 g/mol. The van der Waals surface area contributed by atoms with Crippen LogP contribution in [0.15, 0.2) is 55.0 Å². The number of nitrogen functional groups attached to an aromatic ring is 1. The number of nitrogens with one attached hydrogen (secondary N) is 2. The number of halogens is 1. The monoisotopic (exact) mass is 368 g/mol. The summed E-state index contributed by atoms with van der Waals surface area (Å²) in [6.45, 7) is 1.98. The van der Waals surface area contributed by atoms with Crippen molar-refractivity contribution in [3.8, 4) is 0 Å². The molecule has 0 unspecified atom stereocenters. The highest BCUT2D eigenvalue weighted by molar-refractivity contribution is 6.29. The topological polar surface area (TPSA) is 106 Å². The van der Waals surface area contributed by atoms with Crippen LogP contribution in [0.25, 0.3) is 0 Å². The van der Waals surface area contributed by atoms with Gasteiger partial charge >= 0.3 is 0 Å². The maximum Gasteiger partial charge on any atom is 0.257 e.